The Morgan fingerprint density at radius 3 is 1.61 bits per heavy atom. The third kappa shape index (κ3) is 6.33. The Bertz CT molecular complexity index is 1690. The molecule has 16 atom stereocenters. The molecule has 0 N–H and O–H groups in total. The van der Waals surface area contributed by atoms with Crippen molar-refractivity contribution in [2.24, 2.45) is 53.3 Å². The van der Waals surface area contributed by atoms with E-state index in [1.54, 1.807) is 0 Å². The lowest BCUT2D eigenvalue weighted by molar-refractivity contribution is -0.571. The fourth-order valence-corrected chi connectivity index (χ4v) is 12.9. The molecule has 10 aliphatic rings. The Morgan fingerprint density at radius 2 is 1.18 bits per heavy atom. The number of carbonyl (C=O) groups excluding carboxylic acids is 1. The van der Waals surface area contributed by atoms with E-state index in [9.17, 15) is 14.9 Å². The van der Waals surface area contributed by atoms with Gasteiger partial charge in [0.25, 0.3) is 5.69 Å². The largest absolute Gasteiger partial charge is 0.346 e. The van der Waals surface area contributed by atoms with Crippen LogP contribution in [0.1, 0.15) is 123 Å². The van der Waals surface area contributed by atoms with Crippen molar-refractivity contribution in [1.82, 2.24) is 0 Å². The second kappa shape index (κ2) is 14.3. The Hall–Kier alpha value is -2.55. The van der Waals surface area contributed by atoms with Gasteiger partial charge in [0, 0.05) is 54.7 Å². The zero-order chi connectivity index (χ0) is 40.2. The van der Waals surface area contributed by atoms with E-state index in [1.807, 2.05) is 13.8 Å². The van der Waals surface area contributed by atoms with Crippen LogP contribution in [-0.2, 0) is 38.5 Å². The number of nitro groups is 1. The van der Waals surface area contributed by atoms with Gasteiger partial charge in [0.1, 0.15) is 0 Å². The quantitative estimate of drug-likeness (QED) is 0.0738. The van der Waals surface area contributed by atoms with E-state index in [0.29, 0.717) is 30.2 Å². The highest BCUT2D eigenvalue weighted by Gasteiger charge is 2.71. The number of non-ortho nitro benzene ring substituents is 1. The van der Waals surface area contributed by atoms with Crippen molar-refractivity contribution in [1.29, 1.82) is 0 Å². The van der Waals surface area contributed by atoms with Crippen molar-refractivity contribution in [2.45, 2.75) is 160 Å². The number of ketones is 1. The third-order valence-electron chi connectivity index (χ3n) is 16.3. The van der Waals surface area contributed by atoms with Crippen LogP contribution in [-0.4, -0.2) is 58.3 Å². The number of rotatable bonds is 10. The monoisotopic (exact) mass is 791 g/mol. The summed E-state index contributed by atoms with van der Waals surface area (Å²) in [4.78, 5) is 49.9. The van der Waals surface area contributed by atoms with Crippen molar-refractivity contribution in [3.63, 3.8) is 0 Å². The number of nitrogens with zero attached hydrogens (tertiary/aromatic N) is 1. The van der Waals surface area contributed by atoms with E-state index in [-0.39, 0.29) is 65.6 Å². The van der Waals surface area contributed by atoms with Crippen LogP contribution < -0.4 is 0 Å². The minimum Gasteiger partial charge on any atom is -0.346 e. The first kappa shape index (κ1) is 39.9. The molecule has 8 aliphatic heterocycles. The summed E-state index contributed by atoms with van der Waals surface area (Å²) in [7, 11) is 0. The van der Waals surface area contributed by atoms with E-state index in [0.717, 1.165) is 62.5 Å². The normalized spacial score (nSPS) is 47.0. The molecule has 11 rings (SSSR count). The first-order valence-corrected chi connectivity index (χ1v) is 21.6. The number of hydrogen-bond acceptors (Lipinski definition) is 11. The maximum Gasteiger partial charge on any atom is 0.269 e. The molecular weight excluding hydrogens is 730 g/mol. The van der Waals surface area contributed by atoms with Gasteiger partial charge < -0.3 is 18.9 Å². The van der Waals surface area contributed by atoms with Gasteiger partial charge in [0.2, 0.25) is 11.6 Å². The maximum absolute atomic E-state index is 14.1. The lowest BCUT2D eigenvalue weighted by Crippen LogP contribution is -2.70. The summed E-state index contributed by atoms with van der Waals surface area (Å²) in [6.07, 6.45) is 7.06. The van der Waals surface area contributed by atoms with E-state index in [1.165, 1.54) is 24.3 Å². The van der Waals surface area contributed by atoms with Gasteiger partial charge in [0.05, 0.1) is 17.1 Å². The predicted molar refractivity (Wildman–Crippen MR) is 207 cm³/mol. The Balaban J connectivity index is 0.984. The lowest BCUT2D eigenvalue weighted by Gasteiger charge is -2.60. The fraction of sp³-hybridized carbons (Fsp3) is 0.756. The molecule has 8 heterocycles. The molecule has 1 aromatic rings. The first-order valence-electron chi connectivity index (χ1n) is 21.6. The van der Waals surface area contributed by atoms with Gasteiger partial charge in [-0.1, -0.05) is 52.0 Å². The van der Waals surface area contributed by atoms with Crippen molar-refractivity contribution in [3.05, 3.63) is 64.2 Å². The topological polar surface area (TPSA) is 134 Å². The molecule has 0 radical (unpaired) electrons. The molecular formula is C45H61NO11. The zero-order valence-corrected chi connectivity index (χ0v) is 34.4. The van der Waals surface area contributed by atoms with Gasteiger partial charge in [-0.05, 0) is 113 Å². The van der Waals surface area contributed by atoms with Gasteiger partial charge >= 0.3 is 0 Å². The van der Waals surface area contributed by atoms with Crippen LogP contribution in [0.2, 0.25) is 0 Å². The molecule has 312 valence electrons. The predicted octanol–water partition coefficient (Wildman–Crippen LogP) is 9.18. The van der Waals surface area contributed by atoms with Crippen molar-refractivity contribution >= 4 is 11.5 Å². The summed E-state index contributed by atoms with van der Waals surface area (Å²) in [5.41, 5.74) is 0.706. The minimum atomic E-state index is -0.880. The molecule has 0 unspecified atom stereocenters. The van der Waals surface area contributed by atoms with Crippen LogP contribution in [0.25, 0.3) is 0 Å². The number of fused-ring (bicyclic) bond motifs is 4. The number of Topliss-reactive ketones (excluding diaryl/α,β-unsaturated/α-hetero) is 1. The van der Waals surface area contributed by atoms with E-state index in [4.69, 9.17) is 38.5 Å². The molecule has 12 nitrogen and oxygen atoms in total. The maximum atomic E-state index is 14.1. The summed E-state index contributed by atoms with van der Waals surface area (Å²) in [5, 5.41) is 11.4. The van der Waals surface area contributed by atoms with Gasteiger partial charge in [-0.3, -0.25) is 14.9 Å². The molecule has 57 heavy (non-hydrogen) atoms. The van der Waals surface area contributed by atoms with Crippen LogP contribution in [0.5, 0.6) is 0 Å². The summed E-state index contributed by atoms with van der Waals surface area (Å²) in [5.74, 6) is -0.333. The second-order valence-corrected chi connectivity index (χ2v) is 19.6. The number of carbonyl (C=O) groups is 1. The average molecular weight is 792 g/mol. The van der Waals surface area contributed by atoms with E-state index in [2.05, 4.69) is 40.9 Å². The summed E-state index contributed by atoms with van der Waals surface area (Å²) in [6.45, 7) is 22.3. The summed E-state index contributed by atoms with van der Waals surface area (Å²) in [6, 6.07) is 5.82. The Kier molecular flexibility index (Phi) is 10.00. The number of ether oxygens (including phenoxy) is 4. The first-order chi connectivity index (χ1) is 27.1. The average Bonchev–Trinajstić information content (AvgIpc) is 3.55. The van der Waals surface area contributed by atoms with Crippen LogP contribution in [0, 0.1) is 63.4 Å². The minimum absolute atomic E-state index is 0.0617. The summed E-state index contributed by atoms with van der Waals surface area (Å²) >= 11 is 0. The second-order valence-electron chi connectivity index (χ2n) is 19.6. The smallest absolute Gasteiger partial charge is 0.269 e. The molecule has 2 saturated carbocycles. The zero-order valence-electron chi connectivity index (χ0n) is 34.4. The molecule has 2 spiro atoms. The number of benzene rings is 1. The van der Waals surface area contributed by atoms with Gasteiger partial charge in [-0.15, -0.1) is 0 Å². The highest BCUT2D eigenvalue weighted by Crippen LogP contribution is 2.63. The van der Waals surface area contributed by atoms with Crippen LogP contribution in [0.4, 0.5) is 5.69 Å². The fourth-order valence-electron chi connectivity index (χ4n) is 12.9. The number of nitro benzene ring substituents is 1. The van der Waals surface area contributed by atoms with Crippen molar-refractivity contribution in [3.8, 4) is 0 Å². The molecule has 4 bridgehead atoms. The van der Waals surface area contributed by atoms with Crippen molar-refractivity contribution < 1.29 is 48.2 Å². The van der Waals surface area contributed by atoms with Gasteiger partial charge in [-0.2, -0.15) is 0 Å². The Labute approximate surface area is 336 Å². The number of hydrogen-bond donors (Lipinski definition) is 0. The standard InChI is InChI=1S/C45H61NO11/c1-24-9-15-35-28(5)38(50-40-44(35)33(24)17-19-42(7,52-40)54-56-44)21-26(3)32(23-37(47)30-11-13-31(14-12-30)46(48)49)27(4)22-39-29(6)36-16-10-25(2)34-18-20-43(8)53-41(51-39)45(34,36)57-55-43/h11-14,24-25,28-29,32-36,38-41H,3-4,9-10,15-23H2,1-2,5-8H3/t24-,25-,28-,29-,33+,34+,35+,36+,38-,39-,40-,41-,42-,43-,44-,45-/m1/s1. The van der Waals surface area contributed by atoms with Crippen LogP contribution in [0.15, 0.2) is 48.6 Å². The highest BCUT2D eigenvalue weighted by molar-refractivity contribution is 5.96. The third-order valence-corrected chi connectivity index (χ3v) is 16.3. The SMILES string of the molecule is C=C(C[C@H]1O[C@@H]2O[C@@]3(C)CC[C@H]4[C@H](C)CC[C@@H]([C@H]1C)[C@@]24OO3)C(CC(=O)c1ccc([N+](=O)[O-])cc1)C(=C)C[C@H]1O[C@@H]2O[C@@]3(C)CC[C@H]4[C@H](C)CC[C@@H]([C@H]1C)[C@@]24OO3. The van der Waals surface area contributed by atoms with Crippen LogP contribution >= 0.6 is 0 Å². The summed E-state index contributed by atoms with van der Waals surface area (Å²) < 4.78 is 27.3. The van der Waals surface area contributed by atoms with Crippen LogP contribution in [0.3, 0.4) is 0 Å². The molecule has 0 aromatic heterocycles. The Morgan fingerprint density at radius 1 is 0.719 bits per heavy atom. The molecule has 10 fully saturated rings. The van der Waals surface area contributed by atoms with Gasteiger partial charge in [0.15, 0.2) is 29.6 Å². The molecule has 12 heteroatoms. The lowest BCUT2D eigenvalue weighted by atomic mass is 9.57. The van der Waals surface area contributed by atoms with Crippen molar-refractivity contribution in [2.75, 3.05) is 0 Å². The molecule has 8 saturated heterocycles. The molecule has 2 aliphatic carbocycles. The molecule has 0 amide bonds. The molecule has 1 aromatic carbocycles. The highest BCUT2D eigenvalue weighted by atomic mass is 17.3. The van der Waals surface area contributed by atoms with E-state index < -0.39 is 46.2 Å². The van der Waals surface area contributed by atoms with E-state index >= 15 is 0 Å². The van der Waals surface area contributed by atoms with Gasteiger partial charge in [-0.25, -0.2) is 19.6 Å².